The van der Waals surface area contributed by atoms with Crippen LogP contribution in [0.3, 0.4) is 0 Å². The van der Waals surface area contributed by atoms with Crippen LogP contribution in [0.5, 0.6) is 0 Å². The maximum atomic E-state index is 13.5. The van der Waals surface area contributed by atoms with Crippen LogP contribution >= 0.6 is 23.4 Å². The van der Waals surface area contributed by atoms with E-state index in [0.717, 1.165) is 11.1 Å². The standard InChI is InChI=1S/C27H26ClN3O2S/c1-18(2)15-29-25(32)21-10-13-23-24(14-21)30-27(34-17-20-8-11-22(28)12-9-20)31(26(23)33)16-19-6-4-3-5-7-19/h3-14,18H,15-17H2,1-2H3,(H,29,32). The number of carbonyl (C=O) groups is 1. The first-order valence-corrected chi connectivity index (χ1v) is 12.5. The lowest BCUT2D eigenvalue weighted by Crippen LogP contribution is -2.28. The lowest BCUT2D eigenvalue weighted by molar-refractivity contribution is 0.0949. The molecule has 0 unspecified atom stereocenters. The highest BCUT2D eigenvalue weighted by atomic mass is 35.5. The molecular weight excluding hydrogens is 466 g/mol. The van der Waals surface area contributed by atoms with Crippen LogP contribution in [0.2, 0.25) is 5.02 Å². The van der Waals surface area contributed by atoms with E-state index in [-0.39, 0.29) is 11.5 Å². The molecule has 3 aromatic carbocycles. The summed E-state index contributed by atoms with van der Waals surface area (Å²) in [5.41, 5.74) is 2.99. The summed E-state index contributed by atoms with van der Waals surface area (Å²) in [5, 5.41) is 4.70. The third-order valence-corrected chi connectivity index (χ3v) is 6.62. The lowest BCUT2D eigenvalue weighted by atomic mass is 10.1. The highest BCUT2D eigenvalue weighted by Crippen LogP contribution is 2.24. The van der Waals surface area contributed by atoms with Crippen LogP contribution in [0.1, 0.15) is 35.3 Å². The van der Waals surface area contributed by atoms with E-state index >= 15 is 0 Å². The van der Waals surface area contributed by atoms with Crippen molar-refractivity contribution in [2.45, 2.75) is 31.3 Å². The second kappa shape index (κ2) is 10.9. The van der Waals surface area contributed by atoms with Crippen LogP contribution < -0.4 is 10.9 Å². The topological polar surface area (TPSA) is 64.0 Å². The van der Waals surface area contributed by atoms with Crippen LogP contribution in [-0.4, -0.2) is 22.0 Å². The highest BCUT2D eigenvalue weighted by Gasteiger charge is 2.15. The van der Waals surface area contributed by atoms with Crippen molar-refractivity contribution >= 4 is 40.2 Å². The molecule has 0 aliphatic rings. The molecule has 4 rings (SSSR count). The molecule has 5 nitrogen and oxygen atoms in total. The Labute approximate surface area is 208 Å². The number of nitrogens with one attached hydrogen (secondary N) is 1. The molecule has 0 spiro atoms. The molecule has 0 radical (unpaired) electrons. The molecular formula is C27H26ClN3O2S. The maximum Gasteiger partial charge on any atom is 0.262 e. The van der Waals surface area contributed by atoms with Crippen molar-refractivity contribution in [2.24, 2.45) is 5.92 Å². The number of aromatic nitrogens is 2. The van der Waals surface area contributed by atoms with Crippen molar-refractivity contribution in [3.63, 3.8) is 0 Å². The largest absolute Gasteiger partial charge is 0.352 e. The molecule has 0 bridgehead atoms. The van der Waals surface area contributed by atoms with Crippen molar-refractivity contribution < 1.29 is 4.79 Å². The molecule has 1 N–H and O–H groups in total. The minimum Gasteiger partial charge on any atom is -0.352 e. The zero-order chi connectivity index (χ0) is 24.1. The lowest BCUT2D eigenvalue weighted by Gasteiger charge is -2.14. The fourth-order valence-corrected chi connectivity index (χ4v) is 4.57. The van der Waals surface area contributed by atoms with Gasteiger partial charge in [-0.1, -0.05) is 79.7 Å². The molecule has 0 aliphatic carbocycles. The second-order valence-electron chi connectivity index (χ2n) is 8.52. The van der Waals surface area contributed by atoms with Gasteiger partial charge in [-0.15, -0.1) is 0 Å². The number of hydrogen-bond donors (Lipinski definition) is 1. The van der Waals surface area contributed by atoms with Crippen LogP contribution in [0.4, 0.5) is 0 Å². The summed E-state index contributed by atoms with van der Waals surface area (Å²) in [6.07, 6.45) is 0. The number of halogens is 1. The summed E-state index contributed by atoms with van der Waals surface area (Å²) in [5.74, 6) is 0.822. The van der Waals surface area contributed by atoms with Crippen molar-refractivity contribution in [1.82, 2.24) is 14.9 Å². The van der Waals surface area contributed by atoms with Gasteiger partial charge in [0, 0.05) is 22.9 Å². The van der Waals surface area contributed by atoms with Gasteiger partial charge in [-0.3, -0.25) is 14.2 Å². The van der Waals surface area contributed by atoms with Crippen molar-refractivity contribution in [3.8, 4) is 0 Å². The van der Waals surface area contributed by atoms with Gasteiger partial charge in [0.15, 0.2) is 5.16 Å². The summed E-state index contributed by atoms with van der Waals surface area (Å²) in [6.45, 7) is 5.09. The molecule has 7 heteroatoms. The Morgan fingerprint density at radius 1 is 1.03 bits per heavy atom. The van der Waals surface area contributed by atoms with Crippen molar-refractivity contribution in [3.05, 3.63) is 105 Å². The summed E-state index contributed by atoms with van der Waals surface area (Å²) >= 11 is 7.50. The SMILES string of the molecule is CC(C)CNC(=O)c1ccc2c(=O)n(Cc3ccccc3)c(SCc3ccc(Cl)cc3)nc2c1. The second-order valence-corrected chi connectivity index (χ2v) is 9.90. The van der Waals surface area contributed by atoms with Gasteiger partial charge in [-0.2, -0.15) is 0 Å². The third kappa shape index (κ3) is 5.88. The Hall–Kier alpha value is -3.09. The quantitative estimate of drug-likeness (QED) is 0.251. The Balaban J connectivity index is 1.72. The Morgan fingerprint density at radius 3 is 2.47 bits per heavy atom. The summed E-state index contributed by atoms with van der Waals surface area (Å²) in [4.78, 5) is 30.9. The first kappa shape index (κ1) is 24.0. The Bertz CT molecular complexity index is 1350. The van der Waals surface area contributed by atoms with Gasteiger partial charge in [0.1, 0.15) is 0 Å². The van der Waals surface area contributed by atoms with Gasteiger partial charge >= 0.3 is 0 Å². The van der Waals surface area contributed by atoms with Gasteiger partial charge < -0.3 is 5.32 Å². The molecule has 0 aliphatic heterocycles. The number of rotatable bonds is 8. The molecule has 0 saturated carbocycles. The third-order valence-electron chi connectivity index (χ3n) is 5.32. The molecule has 174 valence electrons. The van der Waals surface area contributed by atoms with Gasteiger partial charge in [0.05, 0.1) is 17.4 Å². The fourth-order valence-electron chi connectivity index (χ4n) is 3.48. The summed E-state index contributed by atoms with van der Waals surface area (Å²) < 4.78 is 1.71. The van der Waals surface area contributed by atoms with E-state index in [4.69, 9.17) is 16.6 Å². The summed E-state index contributed by atoms with van der Waals surface area (Å²) in [7, 11) is 0. The molecule has 1 amide bonds. The van der Waals surface area contributed by atoms with Crippen LogP contribution in [0, 0.1) is 5.92 Å². The number of hydrogen-bond acceptors (Lipinski definition) is 4. The van der Waals surface area contributed by atoms with Gasteiger partial charge in [0.25, 0.3) is 11.5 Å². The fraction of sp³-hybridized carbons (Fsp3) is 0.222. The van der Waals surface area contributed by atoms with E-state index in [1.807, 2.05) is 68.4 Å². The van der Waals surface area contributed by atoms with Crippen molar-refractivity contribution in [2.75, 3.05) is 6.54 Å². The maximum absolute atomic E-state index is 13.5. The number of thioether (sulfide) groups is 1. The van der Waals surface area contributed by atoms with E-state index in [0.29, 0.717) is 51.4 Å². The van der Waals surface area contributed by atoms with Crippen LogP contribution in [-0.2, 0) is 12.3 Å². The average Bonchev–Trinajstić information content (AvgIpc) is 2.84. The Kier molecular flexibility index (Phi) is 7.70. The highest BCUT2D eigenvalue weighted by molar-refractivity contribution is 7.98. The van der Waals surface area contributed by atoms with Crippen LogP contribution in [0.15, 0.2) is 82.7 Å². The van der Waals surface area contributed by atoms with Gasteiger partial charge in [-0.25, -0.2) is 4.98 Å². The summed E-state index contributed by atoms with van der Waals surface area (Å²) in [6, 6.07) is 22.6. The number of nitrogens with zero attached hydrogens (tertiary/aromatic N) is 2. The first-order chi connectivity index (χ1) is 16.4. The van der Waals surface area contributed by atoms with Gasteiger partial charge in [-0.05, 0) is 47.4 Å². The normalized spacial score (nSPS) is 11.2. The van der Waals surface area contributed by atoms with E-state index in [9.17, 15) is 9.59 Å². The minimum absolute atomic E-state index is 0.124. The van der Waals surface area contributed by atoms with E-state index in [1.165, 1.54) is 11.8 Å². The molecule has 1 aromatic heterocycles. The molecule has 34 heavy (non-hydrogen) atoms. The van der Waals surface area contributed by atoms with E-state index in [1.54, 1.807) is 22.8 Å². The number of amides is 1. The molecule has 0 saturated heterocycles. The van der Waals surface area contributed by atoms with Gasteiger partial charge in [0.2, 0.25) is 0 Å². The molecule has 0 atom stereocenters. The first-order valence-electron chi connectivity index (χ1n) is 11.1. The smallest absolute Gasteiger partial charge is 0.262 e. The van der Waals surface area contributed by atoms with E-state index < -0.39 is 0 Å². The van der Waals surface area contributed by atoms with Crippen molar-refractivity contribution in [1.29, 1.82) is 0 Å². The predicted octanol–water partition coefficient (Wildman–Crippen LogP) is 5.78. The Morgan fingerprint density at radius 2 is 1.76 bits per heavy atom. The van der Waals surface area contributed by atoms with E-state index in [2.05, 4.69) is 5.32 Å². The minimum atomic E-state index is -0.166. The average molecular weight is 492 g/mol. The molecule has 0 fully saturated rings. The molecule has 1 heterocycles. The van der Waals surface area contributed by atoms with Crippen LogP contribution in [0.25, 0.3) is 10.9 Å². The number of fused-ring (bicyclic) bond motifs is 1. The number of benzene rings is 3. The number of carbonyl (C=O) groups excluding carboxylic acids is 1. The zero-order valence-corrected chi connectivity index (χ0v) is 20.7. The zero-order valence-electron chi connectivity index (χ0n) is 19.1. The predicted molar refractivity (Wildman–Crippen MR) is 140 cm³/mol. The molecule has 4 aromatic rings. The monoisotopic (exact) mass is 491 g/mol.